The van der Waals surface area contributed by atoms with Crippen molar-refractivity contribution in [1.82, 2.24) is 4.90 Å². The Morgan fingerprint density at radius 1 is 1.04 bits per heavy atom. The van der Waals surface area contributed by atoms with Gasteiger partial charge in [-0.25, -0.2) is 0 Å². The first-order chi connectivity index (χ1) is 13.5. The summed E-state index contributed by atoms with van der Waals surface area (Å²) in [6, 6.07) is 12.2. The number of hydrogen-bond donors (Lipinski definition) is 1. The molecule has 0 atom stereocenters. The number of hydrogen-bond acceptors (Lipinski definition) is 3. The zero-order valence-electron chi connectivity index (χ0n) is 17.4. The molecule has 150 valence electrons. The molecule has 0 aromatic heterocycles. The van der Waals surface area contributed by atoms with Crippen molar-refractivity contribution in [2.75, 3.05) is 31.6 Å². The fourth-order valence-corrected chi connectivity index (χ4v) is 3.90. The number of ether oxygens (including phenoxy) is 1. The van der Waals surface area contributed by atoms with Gasteiger partial charge in [0.25, 0.3) is 0 Å². The number of anilines is 1. The van der Waals surface area contributed by atoms with Gasteiger partial charge in [-0.05, 0) is 87.5 Å². The fraction of sp³-hybridized carbons (Fsp3) is 0.458. The Morgan fingerprint density at radius 2 is 1.71 bits per heavy atom. The van der Waals surface area contributed by atoms with Crippen LogP contribution in [0.25, 0.3) is 0 Å². The number of nitrogens with one attached hydrogen (secondary N) is 1. The van der Waals surface area contributed by atoms with Crippen LogP contribution in [-0.2, 0) is 11.2 Å². The number of nitrogens with zero attached hydrogens (tertiary/aromatic N) is 1. The Balaban J connectivity index is 1.52. The van der Waals surface area contributed by atoms with Gasteiger partial charge in [0, 0.05) is 18.7 Å². The Bertz CT molecular complexity index is 787. The second kappa shape index (κ2) is 9.74. The van der Waals surface area contributed by atoms with Crippen LogP contribution in [0.3, 0.4) is 0 Å². The minimum Gasteiger partial charge on any atom is -0.492 e. The molecule has 4 heteroatoms. The Hall–Kier alpha value is -2.33. The van der Waals surface area contributed by atoms with E-state index in [-0.39, 0.29) is 5.91 Å². The zero-order chi connectivity index (χ0) is 19.9. The van der Waals surface area contributed by atoms with E-state index in [1.165, 1.54) is 37.1 Å². The topological polar surface area (TPSA) is 41.6 Å². The lowest BCUT2D eigenvalue weighted by molar-refractivity contribution is -0.116. The van der Waals surface area contributed by atoms with Gasteiger partial charge < -0.3 is 10.1 Å². The number of amides is 1. The molecule has 0 aliphatic carbocycles. The van der Waals surface area contributed by atoms with Crippen molar-refractivity contribution >= 4 is 11.6 Å². The van der Waals surface area contributed by atoms with Crippen LogP contribution in [0.4, 0.5) is 5.69 Å². The van der Waals surface area contributed by atoms with Crippen molar-refractivity contribution in [3.8, 4) is 5.75 Å². The SMILES string of the molecule is Cc1ccccc1CCC(=O)Nc1cc(C)c(OCCN2CCCC2)c(C)c1. The van der Waals surface area contributed by atoms with Gasteiger partial charge in [0.05, 0.1) is 0 Å². The Labute approximate surface area is 168 Å². The number of likely N-dealkylation sites (tertiary alicyclic amines) is 1. The van der Waals surface area contributed by atoms with Crippen LogP contribution in [0.1, 0.15) is 41.5 Å². The third-order valence-electron chi connectivity index (χ3n) is 5.48. The van der Waals surface area contributed by atoms with Crippen LogP contribution in [-0.4, -0.2) is 37.0 Å². The van der Waals surface area contributed by atoms with Crippen LogP contribution >= 0.6 is 0 Å². The van der Waals surface area contributed by atoms with Gasteiger partial charge >= 0.3 is 0 Å². The molecule has 0 spiro atoms. The van der Waals surface area contributed by atoms with Gasteiger partial charge in [-0.2, -0.15) is 0 Å². The van der Waals surface area contributed by atoms with E-state index in [2.05, 4.69) is 29.3 Å². The van der Waals surface area contributed by atoms with Gasteiger partial charge in [0.2, 0.25) is 5.91 Å². The average molecular weight is 381 g/mol. The van der Waals surface area contributed by atoms with Crippen molar-refractivity contribution in [3.63, 3.8) is 0 Å². The molecule has 28 heavy (non-hydrogen) atoms. The molecule has 0 saturated carbocycles. The summed E-state index contributed by atoms with van der Waals surface area (Å²) < 4.78 is 6.05. The largest absolute Gasteiger partial charge is 0.492 e. The van der Waals surface area contributed by atoms with E-state index in [4.69, 9.17) is 4.74 Å². The summed E-state index contributed by atoms with van der Waals surface area (Å²) in [4.78, 5) is 14.8. The van der Waals surface area contributed by atoms with Crippen molar-refractivity contribution in [2.24, 2.45) is 0 Å². The number of rotatable bonds is 8. The summed E-state index contributed by atoms with van der Waals surface area (Å²) in [5.41, 5.74) is 5.44. The summed E-state index contributed by atoms with van der Waals surface area (Å²) in [6.07, 6.45) is 3.85. The second-order valence-electron chi connectivity index (χ2n) is 7.81. The van der Waals surface area contributed by atoms with E-state index in [0.717, 1.165) is 35.5 Å². The minimum atomic E-state index is 0.0461. The maximum absolute atomic E-state index is 12.4. The molecule has 1 N–H and O–H groups in total. The number of carbonyl (C=O) groups excluding carboxylic acids is 1. The standard InChI is InChI=1S/C24H32N2O2/c1-18-8-4-5-9-21(18)10-11-23(27)25-22-16-19(2)24(20(3)17-22)28-15-14-26-12-6-7-13-26/h4-5,8-9,16-17H,6-7,10-15H2,1-3H3,(H,25,27). The van der Waals surface area contributed by atoms with E-state index < -0.39 is 0 Å². The van der Waals surface area contributed by atoms with Crippen molar-refractivity contribution in [1.29, 1.82) is 0 Å². The second-order valence-corrected chi connectivity index (χ2v) is 7.81. The van der Waals surface area contributed by atoms with Gasteiger partial charge in [-0.1, -0.05) is 24.3 Å². The van der Waals surface area contributed by atoms with E-state index in [1.54, 1.807) is 0 Å². The summed E-state index contributed by atoms with van der Waals surface area (Å²) >= 11 is 0. The smallest absolute Gasteiger partial charge is 0.224 e. The maximum atomic E-state index is 12.4. The minimum absolute atomic E-state index is 0.0461. The molecule has 4 nitrogen and oxygen atoms in total. The normalized spacial score (nSPS) is 14.2. The van der Waals surface area contributed by atoms with E-state index in [1.807, 2.05) is 38.1 Å². The van der Waals surface area contributed by atoms with E-state index >= 15 is 0 Å². The van der Waals surface area contributed by atoms with Crippen LogP contribution < -0.4 is 10.1 Å². The molecule has 1 saturated heterocycles. The molecule has 0 bridgehead atoms. The first-order valence-corrected chi connectivity index (χ1v) is 10.3. The molecule has 2 aromatic carbocycles. The highest BCUT2D eigenvalue weighted by atomic mass is 16.5. The van der Waals surface area contributed by atoms with E-state index in [0.29, 0.717) is 13.0 Å². The van der Waals surface area contributed by atoms with Crippen LogP contribution in [0.15, 0.2) is 36.4 Å². The van der Waals surface area contributed by atoms with E-state index in [9.17, 15) is 4.79 Å². The maximum Gasteiger partial charge on any atom is 0.224 e. The number of benzene rings is 2. The molecule has 1 amide bonds. The third kappa shape index (κ3) is 5.59. The predicted molar refractivity (Wildman–Crippen MR) is 115 cm³/mol. The average Bonchev–Trinajstić information content (AvgIpc) is 3.17. The molecule has 2 aromatic rings. The summed E-state index contributed by atoms with van der Waals surface area (Å²) in [7, 11) is 0. The van der Waals surface area contributed by atoms with Gasteiger partial charge in [-0.15, -0.1) is 0 Å². The van der Waals surface area contributed by atoms with Gasteiger partial charge in [0.1, 0.15) is 12.4 Å². The highest BCUT2D eigenvalue weighted by Gasteiger charge is 2.13. The summed E-state index contributed by atoms with van der Waals surface area (Å²) in [5.74, 6) is 0.988. The molecular weight excluding hydrogens is 348 g/mol. The Morgan fingerprint density at radius 3 is 2.39 bits per heavy atom. The number of aryl methyl sites for hydroxylation is 4. The molecule has 0 unspecified atom stereocenters. The zero-order valence-corrected chi connectivity index (χ0v) is 17.4. The lowest BCUT2D eigenvalue weighted by Crippen LogP contribution is -2.25. The van der Waals surface area contributed by atoms with Crippen LogP contribution in [0, 0.1) is 20.8 Å². The van der Waals surface area contributed by atoms with Crippen molar-refractivity contribution in [2.45, 2.75) is 46.5 Å². The molecule has 1 aliphatic rings. The highest BCUT2D eigenvalue weighted by molar-refractivity contribution is 5.91. The van der Waals surface area contributed by atoms with Crippen LogP contribution in [0.5, 0.6) is 5.75 Å². The highest BCUT2D eigenvalue weighted by Crippen LogP contribution is 2.27. The fourth-order valence-electron chi connectivity index (χ4n) is 3.90. The van der Waals surface area contributed by atoms with Crippen molar-refractivity contribution in [3.05, 3.63) is 58.7 Å². The Kier molecular flexibility index (Phi) is 7.10. The van der Waals surface area contributed by atoms with Gasteiger partial charge in [0.15, 0.2) is 0 Å². The predicted octanol–water partition coefficient (Wildman–Crippen LogP) is 4.66. The molecule has 1 fully saturated rings. The number of carbonyl (C=O) groups is 1. The molecule has 1 aliphatic heterocycles. The first kappa shape index (κ1) is 20.4. The third-order valence-corrected chi connectivity index (χ3v) is 5.48. The summed E-state index contributed by atoms with van der Waals surface area (Å²) in [5, 5.41) is 3.04. The van der Waals surface area contributed by atoms with Gasteiger partial charge in [-0.3, -0.25) is 9.69 Å². The molecule has 1 heterocycles. The molecular formula is C24H32N2O2. The molecule has 0 radical (unpaired) electrons. The van der Waals surface area contributed by atoms with Crippen molar-refractivity contribution < 1.29 is 9.53 Å². The lowest BCUT2D eigenvalue weighted by Gasteiger charge is -2.18. The summed E-state index contributed by atoms with van der Waals surface area (Å²) in [6.45, 7) is 10.2. The first-order valence-electron chi connectivity index (χ1n) is 10.3. The quantitative estimate of drug-likeness (QED) is 0.724. The molecule has 3 rings (SSSR count). The lowest BCUT2D eigenvalue weighted by atomic mass is 10.0. The van der Waals surface area contributed by atoms with Crippen LogP contribution in [0.2, 0.25) is 0 Å². The monoisotopic (exact) mass is 380 g/mol.